The maximum absolute atomic E-state index is 11.8. The number of hydrogen-bond donors (Lipinski definition) is 1. The first-order valence-electron chi connectivity index (χ1n) is 6.59. The molecule has 2 unspecified atom stereocenters. The van der Waals surface area contributed by atoms with E-state index in [0.717, 1.165) is 18.8 Å². The highest BCUT2D eigenvalue weighted by Gasteiger charge is 2.31. The van der Waals surface area contributed by atoms with Crippen molar-refractivity contribution in [3.8, 4) is 0 Å². The maximum Gasteiger partial charge on any atom is 0.254 e. The molecule has 1 fully saturated rings. The van der Waals surface area contributed by atoms with Crippen LogP contribution in [-0.4, -0.2) is 54.2 Å². The maximum atomic E-state index is 11.8. The van der Waals surface area contributed by atoms with E-state index in [1.54, 1.807) is 26.4 Å². The first-order valence-corrected chi connectivity index (χ1v) is 6.59. The molecule has 2 rings (SSSR count). The zero-order valence-corrected chi connectivity index (χ0v) is 11.7. The number of pyridine rings is 1. The van der Waals surface area contributed by atoms with Gasteiger partial charge in [-0.2, -0.15) is 0 Å². The van der Waals surface area contributed by atoms with Crippen LogP contribution in [0.5, 0.6) is 0 Å². The van der Waals surface area contributed by atoms with Gasteiger partial charge in [0.25, 0.3) is 5.91 Å². The summed E-state index contributed by atoms with van der Waals surface area (Å²) in [6.45, 7) is 3.19. The number of anilines is 1. The quantitative estimate of drug-likeness (QED) is 0.883. The lowest BCUT2D eigenvalue weighted by Gasteiger charge is -2.26. The van der Waals surface area contributed by atoms with Gasteiger partial charge < -0.3 is 14.9 Å². The molecule has 0 radical (unpaired) electrons. The minimum Gasteiger partial charge on any atom is -0.394 e. The monoisotopic (exact) mass is 263 g/mol. The molecule has 0 aromatic carbocycles. The van der Waals surface area contributed by atoms with Gasteiger partial charge in [-0.25, -0.2) is 4.98 Å². The third-order valence-electron chi connectivity index (χ3n) is 3.76. The Bertz CT molecular complexity index is 445. The van der Waals surface area contributed by atoms with Crippen LogP contribution in [0.3, 0.4) is 0 Å². The van der Waals surface area contributed by atoms with Crippen LogP contribution in [0.15, 0.2) is 18.3 Å². The van der Waals surface area contributed by atoms with Crippen molar-refractivity contribution >= 4 is 11.7 Å². The highest BCUT2D eigenvalue weighted by molar-refractivity contribution is 5.93. The lowest BCUT2D eigenvalue weighted by atomic mass is 10.0. The molecular formula is C14H21N3O2. The summed E-state index contributed by atoms with van der Waals surface area (Å²) in [5.41, 5.74) is 0.585. The van der Waals surface area contributed by atoms with E-state index in [4.69, 9.17) is 0 Å². The third kappa shape index (κ3) is 2.71. The molecule has 19 heavy (non-hydrogen) atoms. The van der Waals surface area contributed by atoms with Crippen LogP contribution < -0.4 is 4.90 Å². The highest BCUT2D eigenvalue weighted by atomic mass is 16.3. The summed E-state index contributed by atoms with van der Waals surface area (Å²) in [7, 11) is 3.44. The van der Waals surface area contributed by atoms with Crippen molar-refractivity contribution < 1.29 is 9.90 Å². The van der Waals surface area contributed by atoms with Crippen molar-refractivity contribution in [1.29, 1.82) is 0 Å². The molecular weight excluding hydrogens is 242 g/mol. The largest absolute Gasteiger partial charge is 0.394 e. The topological polar surface area (TPSA) is 56.7 Å². The molecule has 5 nitrogen and oxygen atoms in total. The van der Waals surface area contributed by atoms with Gasteiger partial charge in [-0.1, -0.05) is 6.92 Å². The van der Waals surface area contributed by atoms with Gasteiger partial charge in [0.05, 0.1) is 18.2 Å². The Morgan fingerprint density at radius 2 is 2.26 bits per heavy atom. The highest BCUT2D eigenvalue weighted by Crippen LogP contribution is 2.28. The standard InChI is InChI=1S/C14H21N3O2/c1-10-6-7-17(12(10)9-18)13-5-4-11(8-15-13)14(19)16(2)3/h4-5,8,10,12,18H,6-7,9H2,1-3H3. The van der Waals surface area contributed by atoms with E-state index < -0.39 is 0 Å². The minimum atomic E-state index is -0.0486. The normalized spacial score (nSPS) is 22.6. The number of aliphatic hydroxyl groups is 1. The first kappa shape index (κ1) is 13.8. The van der Waals surface area contributed by atoms with Gasteiger partial charge in [0, 0.05) is 26.8 Å². The predicted octanol–water partition coefficient (Wildman–Crippen LogP) is 0.990. The average Bonchev–Trinajstić information content (AvgIpc) is 2.79. The summed E-state index contributed by atoms with van der Waals surface area (Å²) in [4.78, 5) is 19.8. The molecule has 104 valence electrons. The van der Waals surface area contributed by atoms with Gasteiger partial charge in [-0.15, -0.1) is 0 Å². The van der Waals surface area contributed by atoms with E-state index in [2.05, 4.69) is 16.8 Å². The smallest absolute Gasteiger partial charge is 0.254 e. The number of nitrogens with zero attached hydrogens (tertiary/aromatic N) is 3. The lowest BCUT2D eigenvalue weighted by molar-refractivity contribution is 0.0827. The molecule has 1 aliphatic rings. The fraction of sp³-hybridized carbons (Fsp3) is 0.571. The first-order chi connectivity index (χ1) is 9.04. The number of amides is 1. The van der Waals surface area contributed by atoms with Crippen LogP contribution in [0, 0.1) is 5.92 Å². The van der Waals surface area contributed by atoms with E-state index in [1.165, 1.54) is 4.90 Å². The van der Waals surface area contributed by atoms with Gasteiger partial charge in [-0.05, 0) is 24.5 Å². The molecule has 2 atom stereocenters. The van der Waals surface area contributed by atoms with E-state index in [1.807, 2.05) is 6.07 Å². The Morgan fingerprint density at radius 1 is 1.53 bits per heavy atom. The average molecular weight is 263 g/mol. The molecule has 0 spiro atoms. The van der Waals surface area contributed by atoms with E-state index in [9.17, 15) is 9.90 Å². The minimum absolute atomic E-state index is 0.0486. The van der Waals surface area contributed by atoms with E-state index in [0.29, 0.717) is 11.5 Å². The summed E-state index contributed by atoms with van der Waals surface area (Å²) in [5.74, 6) is 1.25. The van der Waals surface area contributed by atoms with Crippen molar-refractivity contribution in [2.24, 2.45) is 5.92 Å². The van der Waals surface area contributed by atoms with Crippen molar-refractivity contribution in [3.63, 3.8) is 0 Å². The Hall–Kier alpha value is -1.62. The summed E-state index contributed by atoms with van der Waals surface area (Å²) < 4.78 is 0. The summed E-state index contributed by atoms with van der Waals surface area (Å²) in [6.07, 6.45) is 2.67. The van der Waals surface area contributed by atoms with Gasteiger partial charge in [-0.3, -0.25) is 4.79 Å². The van der Waals surface area contributed by atoms with Crippen LogP contribution in [0.4, 0.5) is 5.82 Å². The molecule has 5 heteroatoms. The number of hydrogen-bond acceptors (Lipinski definition) is 4. The molecule has 1 N–H and O–H groups in total. The molecule has 0 saturated carbocycles. The van der Waals surface area contributed by atoms with Crippen molar-refractivity contribution in [1.82, 2.24) is 9.88 Å². The van der Waals surface area contributed by atoms with Gasteiger partial charge in [0.1, 0.15) is 5.82 Å². The second kappa shape index (κ2) is 5.57. The molecule has 2 heterocycles. The van der Waals surface area contributed by atoms with Gasteiger partial charge >= 0.3 is 0 Å². The molecule has 1 amide bonds. The fourth-order valence-electron chi connectivity index (χ4n) is 2.51. The summed E-state index contributed by atoms with van der Waals surface area (Å²) >= 11 is 0. The van der Waals surface area contributed by atoms with Crippen LogP contribution >= 0.6 is 0 Å². The number of rotatable bonds is 3. The Labute approximate surface area is 113 Å². The van der Waals surface area contributed by atoms with Crippen LogP contribution in [0.2, 0.25) is 0 Å². The Morgan fingerprint density at radius 3 is 2.79 bits per heavy atom. The Balaban J connectivity index is 2.17. The van der Waals surface area contributed by atoms with E-state index in [-0.39, 0.29) is 18.6 Å². The van der Waals surface area contributed by atoms with Crippen LogP contribution in [0.1, 0.15) is 23.7 Å². The number of carbonyl (C=O) groups excluding carboxylic acids is 1. The fourth-order valence-corrected chi connectivity index (χ4v) is 2.51. The molecule has 0 bridgehead atoms. The predicted molar refractivity (Wildman–Crippen MR) is 74.3 cm³/mol. The second-order valence-corrected chi connectivity index (χ2v) is 5.31. The third-order valence-corrected chi connectivity index (χ3v) is 3.76. The van der Waals surface area contributed by atoms with Gasteiger partial charge in [0.15, 0.2) is 0 Å². The number of carbonyl (C=O) groups is 1. The molecule has 1 aliphatic heterocycles. The Kier molecular flexibility index (Phi) is 4.04. The zero-order valence-electron chi connectivity index (χ0n) is 11.7. The van der Waals surface area contributed by atoms with E-state index >= 15 is 0 Å². The molecule has 0 aliphatic carbocycles. The van der Waals surface area contributed by atoms with Crippen molar-refractivity contribution in [2.75, 3.05) is 32.1 Å². The number of aliphatic hydroxyl groups excluding tert-OH is 1. The van der Waals surface area contributed by atoms with Crippen molar-refractivity contribution in [2.45, 2.75) is 19.4 Å². The van der Waals surface area contributed by atoms with Gasteiger partial charge in [0.2, 0.25) is 0 Å². The summed E-state index contributed by atoms with van der Waals surface area (Å²) in [5, 5.41) is 9.45. The second-order valence-electron chi connectivity index (χ2n) is 5.31. The molecule has 1 aromatic rings. The number of aromatic nitrogens is 1. The molecule has 1 saturated heterocycles. The van der Waals surface area contributed by atoms with Crippen LogP contribution in [0.25, 0.3) is 0 Å². The molecule has 1 aromatic heterocycles. The summed E-state index contributed by atoms with van der Waals surface area (Å²) in [6, 6.07) is 3.78. The van der Waals surface area contributed by atoms with Crippen molar-refractivity contribution in [3.05, 3.63) is 23.9 Å². The zero-order chi connectivity index (χ0) is 14.0. The lowest BCUT2D eigenvalue weighted by Crippen LogP contribution is -2.35. The van der Waals surface area contributed by atoms with Crippen LogP contribution in [-0.2, 0) is 0 Å². The SMILES string of the molecule is CC1CCN(c2ccc(C(=O)N(C)C)cn2)C1CO.